The third-order valence-electron chi connectivity index (χ3n) is 4.21. The third-order valence-corrected chi connectivity index (χ3v) is 5.36. The molecule has 1 aliphatic rings. The van der Waals surface area contributed by atoms with E-state index in [0.717, 1.165) is 52.3 Å². The van der Waals surface area contributed by atoms with Gasteiger partial charge in [-0.1, -0.05) is 11.8 Å². The van der Waals surface area contributed by atoms with E-state index in [2.05, 4.69) is 19.9 Å². The maximum absolute atomic E-state index is 6.01. The fraction of sp³-hybridized carbons (Fsp3) is 0.353. The van der Waals surface area contributed by atoms with E-state index in [9.17, 15) is 0 Å². The summed E-state index contributed by atoms with van der Waals surface area (Å²) in [4.78, 5) is 14.2. The highest BCUT2D eigenvalue weighted by atomic mass is 32.2. The molecule has 4 rings (SSSR count). The van der Waals surface area contributed by atoms with Crippen molar-refractivity contribution in [3.63, 3.8) is 0 Å². The van der Waals surface area contributed by atoms with Crippen LogP contribution >= 0.6 is 11.8 Å². The Hall–Kier alpha value is -2.52. The highest BCUT2D eigenvalue weighted by Gasteiger charge is 2.20. The fourth-order valence-electron chi connectivity index (χ4n) is 2.86. The molecule has 0 fully saturated rings. The van der Waals surface area contributed by atoms with E-state index in [1.165, 1.54) is 6.33 Å². The van der Waals surface area contributed by atoms with E-state index in [0.29, 0.717) is 11.3 Å². The molecule has 1 aliphatic heterocycles. The van der Waals surface area contributed by atoms with Gasteiger partial charge >= 0.3 is 0 Å². The minimum atomic E-state index is 0.261. The Balaban J connectivity index is 1.73. The minimum Gasteiger partial charge on any atom is -0.454 e. The average Bonchev–Trinajstić information content (AvgIpc) is 3.21. The van der Waals surface area contributed by atoms with Crippen molar-refractivity contribution in [2.45, 2.75) is 29.9 Å². The monoisotopic (exact) mass is 372 g/mol. The van der Waals surface area contributed by atoms with Gasteiger partial charge in [-0.2, -0.15) is 0 Å². The number of imidazole rings is 1. The molecule has 8 nitrogen and oxygen atoms in total. The Morgan fingerprint density at radius 3 is 2.88 bits per heavy atom. The maximum atomic E-state index is 6.01. The van der Waals surface area contributed by atoms with Gasteiger partial charge in [0.2, 0.25) is 6.79 Å². The molecule has 0 bridgehead atoms. The smallest absolute Gasteiger partial charge is 0.231 e. The number of rotatable bonds is 6. The van der Waals surface area contributed by atoms with Gasteiger partial charge in [-0.05, 0) is 44.6 Å². The Morgan fingerprint density at radius 1 is 1.27 bits per heavy atom. The summed E-state index contributed by atoms with van der Waals surface area (Å²) in [5, 5.41) is 4.01. The molecule has 0 saturated heterocycles. The molecule has 0 atom stereocenters. The summed E-state index contributed by atoms with van der Waals surface area (Å²) in [5.41, 5.74) is 8.50. The third kappa shape index (κ3) is 3.04. The normalized spacial score (nSPS) is 12.8. The van der Waals surface area contributed by atoms with E-state index in [-0.39, 0.29) is 6.79 Å². The van der Waals surface area contributed by atoms with Crippen LogP contribution in [0.5, 0.6) is 11.5 Å². The lowest BCUT2D eigenvalue weighted by molar-refractivity contribution is 0.174. The van der Waals surface area contributed by atoms with Gasteiger partial charge in [-0.15, -0.1) is 0 Å². The van der Waals surface area contributed by atoms with Gasteiger partial charge in [0.05, 0.1) is 0 Å². The molecule has 1 aromatic carbocycles. The minimum absolute atomic E-state index is 0.261. The second kappa shape index (κ2) is 7.00. The van der Waals surface area contributed by atoms with Crippen molar-refractivity contribution in [3.05, 3.63) is 24.0 Å². The van der Waals surface area contributed by atoms with Crippen molar-refractivity contribution in [2.75, 3.05) is 26.1 Å². The Bertz CT molecular complexity index is 958. The van der Waals surface area contributed by atoms with E-state index < -0.39 is 0 Å². The maximum Gasteiger partial charge on any atom is 0.231 e. The highest BCUT2D eigenvalue weighted by molar-refractivity contribution is 7.99. The standard InChI is InChI=1S/C17H20N6O2S/c1-10-6-11-12(25-9-24-11)7-13(10)26-17-22-14-15(18)20-8-21-16(14)23(17)5-3-4-19-2/h6-8,19H,3-5,9H2,1-2H3,(H2,18,20,21). The lowest BCUT2D eigenvalue weighted by Gasteiger charge is -2.10. The van der Waals surface area contributed by atoms with Crippen LogP contribution in [-0.2, 0) is 6.54 Å². The zero-order valence-corrected chi connectivity index (χ0v) is 15.5. The van der Waals surface area contributed by atoms with E-state index in [1.54, 1.807) is 11.8 Å². The molecule has 2 aromatic heterocycles. The predicted octanol–water partition coefficient (Wildman–Crippen LogP) is 2.21. The van der Waals surface area contributed by atoms with Gasteiger partial charge in [0, 0.05) is 11.4 Å². The topological polar surface area (TPSA) is 100 Å². The van der Waals surface area contributed by atoms with Crippen LogP contribution in [0.4, 0.5) is 5.82 Å². The SMILES string of the molecule is CNCCCn1c(Sc2cc3c(cc2C)OCO3)nc2c(N)ncnc21. The summed E-state index contributed by atoms with van der Waals surface area (Å²) in [6, 6.07) is 3.99. The van der Waals surface area contributed by atoms with E-state index >= 15 is 0 Å². The van der Waals surface area contributed by atoms with Crippen LogP contribution in [0.15, 0.2) is 28.5 Å². The van der Waals surface area contributed by atoms with Gasteiger partial charge in [-0.25, -0.2) is 15.0 Å². The summed E-state index contributed by atoms with van der Waals surface area (Å²) < 4.78 is 13.0. The van der Waals surface area contributed by atoms with Crippen molar-refractivity contribution in [1.29, 1.82) is 0 Å². The zero-order valence-electron chi connectivity index (χ0n) is 14.7. The molecular formula is C17H20N6O2S. The lowest BCUT2D eigenvalue weighted by Crippen LogP contribution is -2.11. The molecule has 3 aromatic rings. The number of nitrogens with two attached hydrogens (primary N) is 1. The molecule has 136 valence electrons. The van der Waals surface area contributed by atoms with Crippen LogP contribution in [-0.4, -0.2) is 39.9 Å². The molecule has 9 heteroatoms. The van der Waals surface area contributed by atoms with Gasteiger partial charge in [0.25, 0.3) is 0 Å². The average molecular weight is 372 g/mol. The van der Waals surface area contributed by atoms with Crippen LogP contribution in [0.1, 0.15) is 12.0 Å². The Labute approximate surface area is 155 Å². The molecule has 0 aliphatic carbocycles. The quantitative estimate of drug-likeness (QED) is 0.635. The van der Waals surface area contributed by atoms with Crippen LogP contribution in [0, 0.1) is 6.92 Å². The molecule has 0 spiro atoms. The summed E-state index contributed by atoms with van der Waals surface area (Å²) in [7, 11) is 1.94. The number of fused-ring (bicyclic) bond motifs is 2. The largest absolute Gasteiger partial charge is 0.454 e. The first-order chi connectivity index (χ1) is 12.7. The number of anilines is 1. The predicted molar refractivity (Wildman–Crippen MR) is 99.7 cm³/mol. The van der Waals surface area contributed by atoms with Gasteiger partial charge in [0.1, 0.15) is 6.33 Å². The number of aryl methyl sites for hydroxylation is 2. The van der Waals surface area contributed by atoms with Crippen LogP contribution in [0.2, 0.25) is 0 Å². The van der Waals surface area contributed by atoms with Crippen LogP contribution < -0.4 is 20.5 Å². The van der Waals surface area contributed by atoms with E-state index in [4.69, 9.17) is 20.2 Å². The number of nitrogens with one attached hydrogen (secondary N) is 1. The number of hydrogen-bond acceptors (Lipinski definition) is 8. The molecule has 26 heavy (non-hydrogen) atoms. The first-order valence-electron chi connectivity index (χ1n) is 8.37. The number of ether oxygens (including phenoxy) is 2. The van der Waals surface area contributed by atoms with Gasteiger partial charge in [-0.3, -0.25) is 0 Å². The first-order valence-corrected chi connectivity index (χ1v) is 9.18. The number of aromatic nitrogens is 4. The van der Waals surface area contributed by atoms with Gasteiger partial charge < -0.3 is 25.1 Å². The molecule has 3 N–H and O–H groups in total. The molecule has 0 saturated carbocycles. The number of nitrogen functional groups attached to an aromatic ring is 1. The number of nitrogens with zero attached hydrogens (tertiary/aromatic N) is 4. The molecule has 0 unspecified atom stereocenters. The van der Waals surface area contributed by atoms with Crippen molar-refractivity contribution in [1.82, 2.24) is 24.8 Å². The molecule has 0 radical (unpaired) electrons. The summed E-state index contributed by atoms with van der Waals surface area (Å²) >= 11 is 1.57. The molecule has 3 heterocycles. The first kappa shape index (κ1) is 16.9. The summed E-state index contributed by atoms with van der Waals surface area (Å²) in [5.74, 6) is 1.94. The van der Waals surface area contributed by atoms with Gasteiger partial charge in [0.15, 0.2) is 33.6 Å². The molecular weight excluding hydrogens is 352 g/mol. The van der Waals surface area contributed by atoms with E-state index in [1.807, 2.05) is 26.1 Å². The zero-order chi connectivity index (χ0) is 18.1. The molecule has 0 amide bonds. The number of benzene rings is 1. The highest BCUT2D eigenvalue weighted by Crippen LogP contribution is 2.40. The van der Waals surface area contributed by atoms with Crippen molar-refractivity contribution in [2.24, 2.45) is 0 Å². The van der Waals surface area contributed by atoms with Crippen molar-refractivity contribution >= 4 is 28.7 Å². The second-order valence-corrected chi connectivity index (χ2v) is 7.02. The van der Waals surface area contributed by atoms with Crippen LogP contribution in [0.3, 0.4) is 0 Å². The summed E-state index contributed by atoms with van der Waals surface area (Å²) in [6.45, 7) is 4.01. The fourth-order valence-corrected chi connectivity index (χ4v) is 3.87. The van der Waals surface area contributed by atoms with Crippen LogP contribution in [0.25, 0.3) is 11.2 Å². The van der Waals surface area contributed by atoms with Crippen molar-refractivity contribution in [3.8, 4) is 11.5 Å². The Kier molecular flexibility index (Phi) is 4.56. The number of hydrogen-bond donors (Lipinski definition) is 2. The van der Waals surface area contributed by atoms with Crippen molar-refractivity contribution < 1.29 is 9.47 Å². The lowest BCUT2D eigenvalue weighted by atomic mass is 10.2. The summed E-state index contributed by atoms with van der Waals surface area (Å²) in [6.07, 6.45) is 2.44. The second-order valence-electron chi connectivity index (χ2n) is 6.01. The Morgan fingerprint density at radius 2 is 2.08 bits per heavy atom.